The van der Waals surface area contributed by atoms with E-state index in [2.05, 4.69) is 6.92 Å². The first-order valence-corrected chi connectivity index (χ1v) is 4.51. The van der Waals surface area contributed by atoms with Crippen molar-refractivity contribution in [2.75, 3.05) is 6.54 Å². The summed E-state index contributed by atoms with van der Waals surface area (Å²) in [5.74, 6) is 0.00533. The molecule has 0 saturated heterocycles. The number of aryl methyl sites for hydroxylation is 2. The molecule has 0 amide bonds. The van der Waals surface area contributed by atoms with Gasteiger partial charge in [0.15, 0.2) is 5.78 Å². The van der Waals surface area contributed by atoms with Crippen LogP contribution in [0.2, 0.25) is 0 Å². The molecule has 0 radical (unpaired) electrons. The van der Waals surface area contributed by atoms with Crippen LogP contribution in [0.4, 0.5) is 0 Å². The van der Waals surface area contributed by atoms with Crippen molar-refractivity contribution < 1.29 is 4.79 Å². The lowest BCUT2D eigenvalue weighted by Crippen LogP contribution is -2.13. The monoisotopic (exact) mass is 177 g/mol. The van der Waals surface area contributed by atoms with Gasteiger partial charge in [0.1, 0.15) is 0 Å². The Morgan fingerprint density at radius 3 is 2.62 bits per heavy atom. The lowest BCUT2D eigenvalue weighted by molar-refractivity contribution is 0.100. The van der Waals surface area contributed by atoms with Crippen molar-refractivity contribution in [3.05, 3.63) is 34.9 Å². The number of ketones is 1. The SMILES string of the molecule is CCc1ccc(C(=O)CN)cc1C. The van der Waals surface area contributed by atoms with Crippen molar-refractivity contribution in [2.45, 2.75) is 20.3 Å². The number of hydrogen-bond donors (Lipinski definition) is 1. The Kier molecular flexibility index (Phi) is 3.20. The highest BCUT2D eigenvalue weighted by Crippen LogP contribution is 2.11. The first kappa shape index (κ1) is 9.93. The number of rotatable bonds is 3. The van der Waals surface area contributed by atoms with Gasteiger partial charge in [0.05, 0.1) is 6.54 Å². The molecular formula is C11H15NO. The van der Waals surface area contributed by atoms with E-state index in [4.69, 9.17) is 5.73 Å². The first-order chi connectivity index (χ1) is 6.19. The van der Waals surface area contributed by atoms with Gasteiger partial charge in [0.2, 0.25) is 0 Å². The Morgan fingerprint density at radius 2 is 2.15 bits per heavy atom. The topological polar surface area (TPSA) is 43.1 Å². The lowest BCUT2D eigenvalue weighted by Gasteiger charge is -2.04. The van der Waals surface area contributed by atoms with Gasteiger partial charge in [-0.15, -0.1) is 0 Å². The number of Topliss-reactive ketones (excluding diaryl/α,β-unsaturated/α-hetero) is 1. The van der Waals surface area contributed by atoms with Crippen LogP contribution in [0.25, 0.3) is 0 Å². The number of benzene rings is 1. The minimum atomic E-state index is 0.00533. The molecule has 0 bridgehead atoms. The summed E-state index contributed by atoms with van der Waals surface area (Å²) in [4.78, 5) is 11.2. The molecule has 2 nitrogen and oxygen atoms in total. The van der Waals surface area contributed by atoms with E-state index in [1.807, 2.05) is 25.1 Å². The van der Waals surface area contributed by atoms with Gasteiger partial charge in [-0.05, 0) is 30.5 Å². The Bertz CT molecular complexity index is 318. The molecule has 0 atom stereocenters. The smallest absolute Gasteiger partial charge is 0.176 e. The number of hydrogen-bond acceptors (Lipinski definition) is 2. The van der Waals surface area contributed by atoms with Gasteiger partial charge in [-0.2, -0.15) is 0 Å². The maximum atomic E-state index is 11.2. The highest BCUT2D eigenvalue weighted by atomic mass is 16.1. The summed E-state index contributed by atoms with van der Waals surface area (Å²) < 4.78 is 0. The summed E-state index contributed by atoms with van der Waals surface area (Å²) in [6, 6.07) is 5.76. The van der Waals surface area contributed by atoms with Crippen molar-refractivity contribution >= 4 is 5.78 Å². The van der Waals surface area contributed by atoms with Gasteiger partial charge in [-0.3, -0.25) is 4.79 Å². The van der Waals surface area contributed by atoms with E-state index in [1.165, 1.54) is 11.1 Å². The molecular weight excluding hydrogens is 162 g/mol. The normalized spacial score (nSPS) is 10.1. The quantitative estimate of drug-likeness (QED) is 0.714. The molecule has 1 aromatic rings. The fraction of sp³-hybridized carbons (Fsp3) is 0.364. The molecule has 0 aromatic heterocycles. The molecule has 2 N–H and O–H groups in total. The third kappa shape index (κ3) is 2.16. The maximum absolute atomic E-state index is 11.2. The van der Waals surface area contributed by atoms with Crippen molar-refractivity contribution in [3.63, 3.8) is 0 Å². The van der Waals surface area contributed by atoms with Gasteiger partial charge < -0.3 is 5.73 Å². The molecule has 0 spiro atoms. The van der Waals surface area contributed by atoms with Crippen LogP contribution >= 0.6 is 0 Å². The maximum Gasteiger partial charge on any atom is 0.176 e. The second kappa shape index (κ2) is 4.19. The fourth-order valence-corrected chi connectivity index (χ4v) is 1.38. The zero-order valence-electron chi connectivity index (χ0n) is 8.13. The molecule has 0 aliphatic heterocycles. The molecule has 0 fully saturated rings. The third-order valence-electron chi connectivity index (χ3n) is 2.23. The van der Waals surface area contributed by atoms with E-state index in [1.54, 1.807) is 0 Å². The van der Waals surface area contributed by atoms with Crippen LogP contribution in [-0.4, -0.2) is 12.3 Å². The highest BCUT2D eigenvalue weighted by molar-refractivity contribution is 5.97. The molecule has 0 unspecified atom stereocenters. The van der Waals surface area contributed by atoms with E-state index < -0.39 is 0 Å². The zero-order valence-corrected chi connectivity index (χ0v) is 8.13. The molecule has 0 heterocycles. The number of nitrogens with two attached hydrogens (primary N) is 1. The predicted octanol–water partition coefficient (Wildman–Crippen LogP) is 1.70. The van der Waals surface area contributed by atoms with Crippen LogP contribution in [0.5, 0.6) is 0 Å². The number of carbonyl (C=O) groups excluding carboxylic acids is 1. The second-order valence-corrected chi connectivity index (χ2v) is 3.12. The van der Waals surface area contributed by atoms with Crippen LogP contribution in [0, 0.1) is 6.92 Å². The summed E-state index contributed by atoms with van der Waals surface area (Å²) in [6.45, 7) is 4.21. The van der Waals surface area contributed by atoms with Gasteiger partial charge in [-0.1, -0.05) is 19.1 Å². The number of carbonyl (C=O) groups is 1. The Labute approximate surface area is 78.8 Å². The predicted molar refractivity (Wildman–Crippen MR) is 53.9 cm³/mol. The lowest BCUT2D eigenvalue weighted by atomic mass is 10.0. The Balaban J connectivity index is 3.02. The summed E-state index contributed by atoms with van der Waals surface area (Å²) in [6.07, 6.45) is 1.00. The van der Waals surface area contributed by atoms with Gasteiger partial charge in [0.25, 0.3) is 0 Å². The Morgan fingerprint density at radius 1 is 1.46 bits per heavy atom. The van der Waals surface area contributed by atoms with Crippen molar-refractivity contribution in [3.8, 4) is 0 Å². The largest absolute Gasteiger partial charge is 0.324 e. The van der Waals surface area contributed by atoms with Crippen LogP contribution in [0.1, 0.15) is 28.4 Å². The molecule has 0 saturated carbocycles. The molecule has 0 aliphatic carbocycles. The van der Waals surface area contributed by atoms with Crippen LogP contribution in [0.15, 0.2) is 18.2 Å². The molecule has 2 heteroatoms. The average molecular weight is 177 g/mol. The minimum absolute atomic E-state index is 0.00533. The summed E-state index contributed by atoms with van der Waals surface area (Å²) in [5.41, 5.74) is 8.45. The molecule has 1 rings (SSSR count). The highest BCUT2D eigenvalue weighted by Gasteiger charge is 2.04. The summed E-state index contributed by atoms with van der Waals surface area (Å²) >= 11 is 0. The van der Waals surface area contributed by atoms with Crippen LogP contribution in [0.3, 0.4) is 0 Å². The average Bonchev–Trinajstić information content (AvgIpc) is 2.16. The van der Waals surface area contributed by atoms with E-state index in [9.17, 15) is 4.79 Å². The minimum Gasteiger partial charge on any atom is -0.324 e. The standard InChI is InChI=1S/C11H15NO/c1-3-9-4-5-10(6-8(9)2)11(13)7-12/h4-6H,3,7,12H2,1-2H3. The van der Waals surface area contributed by atoms with Crippen LogP contribution in [-0.2, 0) is 6.42 Å². The fourth-order valence-electron chi connectivity index (χ4n) is 1.38. The van der Waals surface area contributed by atoms with Crippen molar-refractivity contribution in [2.24, 2.45) is 5.73 Å². The van der Waals surface area contributed by atoms with E-state index >= 15 is 0 Å². The van der Waals surface area contributed by atoms with Crippen molar-refractivity contribution in [1.82, 2.24) is 0 Å². The molecule has 1 aromatic carbocycles. The zero-order chi connectivity index (χ0) is 9.84. The first-order valence-electron chi connectivity index (χ1n) is 4.51. The molecule has 0 aliphatic rings. The van der Waals surface area contributed by atoms with E-state index in [0.717, 1.165) is 12.0 Å². The summed E-state index contributed by atoms with van der Waals surface area (Å²) in [5, 5.41) is 0. The molecule has 13 heavy (non-hydrogen) atoms. The van der Waals surface area contributed by atoms with Crippen LogP contribution < -0.4 is 5.73 Å². The van der Waals surface area contributed by atoms with Crippen molar-refractivity contribution in [1.29, 1.82) is 0 Å². The second-order valence-electron chi connectivity index (χ2n) is 3.12. The summed E-state index contributed by atoms with van der Waals surface area (Å²) in [7, 11) is 0. The van der Waals surface area contributed by atoms with E-state index in [-0.39, 0.29) is 12.3 Å². The Hall–Kier alpha value is -1.15. The van der Waals surface area contributed by atoms with E-state index in [0.29, 0.717) is 0 Å². The molecule has 70 valence electrons. The van der Waals surface area contributed by atoms with Gasteiger partial charge >= 0.3 is 0 Å². The third-order valence-corrected chi connectivity index (χ3v) is 2.23. The van der Waals surface area contributed by atoms with Gasteiger partial charge in [0, 0.05) is 5.56 Å². The van der Waals surface area contributed by atoms with Gasteiger partial charge in [-0.25, -0.2) is 0 Å².